The van der Waals surface area contributed by atoms with Crippen LogP contribution in [0.3, 0.4) is 0 Å². The van der Waals surface area contributed by atoms with Crippen molar-refractivity contribution in [3.05, 3.63) is 81.9 Å². The second kappa shape index (κ2) is 23.9. The molecule has 0 saturated carbocycles. The Labute approximate surface area is 355 Å². The SMILES string of the molecule is CCOP(=O)(OCC)OCC(COC(=O)c1ccccc1OC(=O)CC[C@@H](NC(O)c1ccc(NCc2cnc3nc(N)[nH]c(=O)c3n2)cc1)C(=O)O)OP(=O)(OCC)OCC. The van der Waals surface area contributed by atoms with Crippen LogP contribution in [0.5, 0.6) is 5.75 Å². The van der Waals surface area contributed by atoms with Gasteiger partial charge in [0.25, 0.3) is 5.56 Å². The fourth-order valence-corrected chi connectivity index (χ4v) is 7.83. The standard InChI is InChI=1S/C37H49N7O16P2/c1-5-54-61(51,55-6-2)58-22-26(60-62(52,56-7-3)57-8-4)21-53-36(50)27-11-9-10-12-29(27)59-30(45)18-17-28(35(48)49)42-33(46)23-13-15-24(16-14-23)39-19-25-20-40-32-31(41-25)34(47)44-37(38)43-32/h9-16,20,26,28,33,39,42,46H,5-8,17-19,21-22H2,1-4H3,(H,48,49)(H3,38,40,43,44,47)/t26?,28-,33?/m1/s1. The third kappa shape index (κ3) is 15.0. The Bertz CT molecular complexity index is 2260. The van der Waals surface area contributed by atoms with Crippen molar-refractivity contribution in [2.75, 3.05) is 50.7 Å². The van der Waals surface area contributed by atoms with E-state index in [0.717, 1.165) is 0 Å². The minimum Gasteiger partial charge on any atom is -0.480 e. The number of carbonyl (C=O) groups is 3. The Hall–Kier alpha value is -5.19. The number of aliphatic hydroxyl groups is 1. The Morgan fingerprint density at radius 2 is 1.52 bits per heavy atom. The normalized spacial score (nSPS) is 13.3. The van der Waals surface area contributed by atoms with Gasteiger partial charge in [-0.15, -0.1) is 0 Å². The number of fused-ring (bicyclic) bond motifs is 1. The average Bonchev–Trinajstić information content (AvgIpc) is 3.23. The van der Waals surface area contributed by atoms with E-state index in [1.54, 1.807) is 52.0 Å². The van der Waals surface area contributed by atoms with Crippen molar-refractivity contribution in [3.63, 3.8) is 0 Å². The average molecular weight is 910 g/mol. The number of aromatic nitrogens is 4. The van der Waals surface area contributed by atoms with E-state index in [1.807, 2.05) is 0 Å². The molecule has 62 heavy (non-hydrogen) atoms. The number of phosphoric acid groups is 2. The number of carbonyl (C=O) groups excluding carboxylic acids is 2. The van der Waals surface area contributed by atoms with Crippen LogP contribution in [0.15, 0.2) is 59.5 Å². The molecule has 2 unspecified atom stereocenters. The van der Waals surface area contributed by atoms with Gasteiger partial charge in [0.1, 0.15) is 36.3 Å². The minimum absolute atomic E-state index is 0.0257. The molecule has 338 valence electrons. The summed E-state index contributed by atoms with van der Waals surface area (Å²) in [5.41, 5.74) is 6.29. The number of phosphoric ester groups is 2. The molecule has 0 amide bonds. The number of ether oxygens (including phenoxy) is 2. The van der Waals surface area contributed by atoms with Crippen LogP contribution >= 0.6 is 15.6 Å². The monoisotopic (exact) mass is 909 g/mol. The van der Waals surface area contributed by atoms with E-state index in [0.29, 0.717) is 16.9 Å². The number of aliphatic carboxylic acids is 1. The number of nitrogen functional groups attached to an aromatic ring is 1. The van der Waals surface area contributed by atoms with Crippen LogP contribution in [0.1, 0.15) is 68.4 Å². The van der Waals surface area contributed by atoms with Gasteiger partial charge in [0.15, 0.2) is 11.2 Å². The molecule has 4 aromatic rings. The van der Waals surface area contributed by atoms with Crippen molar-refractivity contribution < 1.29 is 70.3 Å². The van der Waals surface area contributed by atoms with Gasteiger partial charge in [-0.2, -0.15) is 4.98 Å². The number of nitrogens with two attached hydrogens (primary N) is 1. The number of anilines is 2. The maximum atomic E-state index is 13.3. The van der Waals surface area contributed by atoms with E-state index in [4.69, 9.17) is 42.3 Å². The number of H-pyrrole nitrogens is 1. The molecule has 2 aromatic heterocycles. The highest BCUT2D eigenvalue weighted by Gasteiger charge is 2.35. The summed E-state index contributed by atoms with van der Waals surface area (Å²) in [6.07, 6.45) is -2.17. The van der Waals surface area contributed by atoms with Crippen molar-refractivity contribution >= 4 is 56.4 Å². The van der Waals surface area contributed by atoms with E-state index in [1.165, 1.54) is 30.5 Å². The number of aliphatic hydroxyl groups excluding tert-OH is 1. The summed E-state index contributed by atoms with van der Waals surface area (Å²) in [7, 11) is -8.30. The third-order valence-electron chi connectivity index (χ3n) is 8.06. The smallest absolute Gasteiger partial charge is 0.475 e. The van der Waals surface area contributed by atoms with E-state index in [-0.39, 0.29) is 67.8 Å². The Morgan fingerprint density at radius 3 is 2.16 bits per heavy atom. The van der Waals surface area contributed by atoms with E-state index in [2.05, 4.69) is 30.6 Å². The number of benzene rings is 2. The molecule has 2 heterocycles. The molecule has 2 aromatic carbocycles. The zero-order valence-corrected chi connectivity index (χ0v) is 36.0. The number of rotatable bonds is 27. The second-order valence-electron chi connectivity index (χ2n) is 12.6. The van der Waals surface area contributed by atoms with Crippen LogP contribution in [-0.2, 0) is 57.1 Å². The van der Waals surface area contributed by atoms with E-state index in [9.17, 15) is 38.5 Å². The molecule has 3 atom stereocenters. The van der Waals surface area contributed by atoms with Crippen molar-refractivity contribution in [2.24, 2.45) is 0 Å². The molecule has 25 heteroatoms. The molecule has 0 spiro atoms. The zero-order valence-electron chi connectivity index (χ0n) is 34.2. The van der Waals surface area contributed by atoms with Crippen molar-refractivity contribution in [1.29, 1.82) is 0 Å². The van der Waals surface area contributed by atoms with Crippen LogP contribution in [0, 0.1) is 0 Å². The lowest BCUT2D eigenvalue weighted by Gasteiger charge is -2.24. The topological polar surface area (TPSA) is 321 Å². The molecule has 0 saturated heterocycles. The quantitative estimate of drug-likeness (QED) is 0.0211. The summed E-state index contributed by atoms with van der Waals surface area (Å²) >= 11 is 0. The van der Waals surface area contributed by atoms with Gasteiger partial charge in [-0.3, -0.25) is 51.8 Å². The van der Waals surface area contributed by atoms with Gasteiger partial charge in [0.05, 0.1) is 51.5 Å². The first-order chi connectivity index (χ1) is 29.6. The fraction of sp³-hybridized carbons (Fsp3) is 0.432. The molecule has 0 aliphatic rings. The lowest BCUT2D eigenvalue weighted by atomic mass is 10.1. The maximum Gasteiger partial charge on any atom is 0.475 e. The largest absolute Gasteiger partial charge is 0.480 e. The van der Waals surface area contributed by atoms with Gasteiger partial charge < -0.3 is 30.7 Å². The summed E-state index contributed by atoms with van der Waals surface area (Å²) in [4.78, 5) is 65.2. The number of aromatic amines is 1. The number of carboxylic acids is 1. The van der Waals surface area contributed by atoms with Gasteiger partial charge in [-0.1, -0.05) is 24.3 Å². The highest BCUT2D eigenvalue weighted by atomic mass is 31.2. The van der Waals surface area contributed by atoms with E-state index < -0.39 is 77.1 Å². The molecule has 0 bridgehead atoms. The highest BCUT2D eigenvalue weighted by molar-refractivity contribution is 7.48. The first kappa shape index (κ1) is 49.5. The van der Waals surface area contributed by atoms with Gasteiger partial charge in [0.2, 0.25) is 5.95 Å². The summed E-state index contributed by atoms with van der Waals surface area (Å²) in [5, 5.41) is 26.3. The molecule has 0 fully saturated rings. The number of hydrogen-bond donors (Lipinski definition) is 6. The van der Waals surface area contributed by atoms with Crippen LogP contribution in [-0.4, -0.2) is 99.8 Å². The maximum absolute atomic E-state index is 13.3. The van der Waals surface area contributed by atoms with Gasteiger partial charge in [-0.05, 0) is 63.9 Å². The predicted octanol–water partition coefficient (Wildman–Crippen LogP) is 4.25. The van der Waals surface area contributed by atoms with Crippen LogP contribution in [0.4, 0.5) is 11.6 Å². The van der Waals surface area contributed by atoms with Crippen molar-refractivity contribution in [1.82, 2.24) is 25.3 Å². The molecule has 0 radical (unpaired) electrons. The third-order valence-corrected chi connectivity index (χ3v) is 11.4. The van der Waals surface area contributed by atoms with Crippen molar-refractivity contribution in [3.8, 4) is 5.75 Å². The van der Waals surface area contributed by atoms with Crippen LogP contribution in [0.2, 0.25) is 0 Å². The molecular weight excluding hydrogens is 860 g/mol. The number of esters is 2. The second-order valence-corrected chi connectivity index (χ2v) is 15.9. The van der Waals surface area contributed by atoms with Crippen LogP contribution in [0.25, 0.3) is 11.2 Å². The minimum atomic E-state index is -4.21. The Balaban J connectivity index is 1.33. The molecular formula is C37H49N7O16P2. The summed E-state index contributed by atoms with van der Waals surface area (Å²) < 4.78 is 68.4. The van der Waals surface area contributed by atoms with Crippen molar-refractivity contribution in [2.45, 2.75) is 65.5 Å². The van der Waals surface area contributed by atoms with E-state index >= 15 is 0 Å². The Kier molecular flexibility index (Phi) is 19.0. The predicted molar refractivity (Wildman–Crippen MR) is 220 cm³/mol. The lowest BCUT2D eigenvalue weighted by Crippen LogP contribution is -2.39. The fourth-order valence-electron chi connectivity index (χ4n) is 5.31. The summed E-state index contributed by atoms with van der Waals surface area (Å²) in [6.45, 7) is 4.98. The van der Waals surface area contributed by atoms with Gasteiger partial charge in [0, 0.05) is 12.1 Å². The number of para-hydroxylation sites is 1. The molecule has 7 N–H and O–H groups in total. The summed E-state index contributed by atoms with van der Waals surface area (Å²) in [5.74, 6) is -3.58. The number of nitrogens with zero attached hydrogens (tertiary/aromatic N) is 3. The molecule has 0 aliphatic heterocycles. The molecule has 4 rings (SSSR count). The highest BCUT2D eigenvalue weighted by Crippen LogP contribution is 2.52. The summed E-state index contributed by atoms with van der Waals surface area (Å²) in [6, 6.07) is 10.5. The zero-order chi connectivity index (χ0) is 45.3. The lowest BCUT2D eigenvalue weighted by molar-refractivity contribution is -0.141. The number of carboxylic acid groups (broad SMARTS) is 1. The Morgan fingerprint density at radius 1 is 0.871 bits per heavy atom. The first-order valence-corrected chi connectivity index (χ1v) is 22.1. The number of hydrogen-bond acceptors (Lipinski definition) is 21. The number of nitrogens with one attached hydrogen (secondary N) is 3. The first-order valence-electron chi connectivity index (χ1n) is 19.2. The van der Waals surface area contributed by atoms with Gasteiger partial charge >= 0.3 is 33.6 Å². The van der Waals surface area contributed by atoms with Crippen LogP contribution < -0.4 is 26.7 Å². The molecule has 0 aliphatic carbocycles. The molecule has 23 nitrogen and oxygen atoms in total. The van der Waals surface area contributed by atoms with Gasteiger partial charge in [-0.25, -0.2) is 23.9 Å².